The maximum atomic E-state index is 11.0. The lowest BCUT2D eigenvalue weighted by atomic mass is 10.8. The summed E-state index contributed by atoms with van der Waals surface area (Å²) >= 11 is 0. The highest BCUT2D eigenvalue weighted by Gasteiger charge is 2.21. The summed E-state index contributed by atoms with van der Waals surface area (Å²) < 4.78 is 20.1. The van der Waals surface area contributed by atoms with Crippen LogP contribution in [-0.2, 0) is 13.6 Å². The van der Waals surface area contributed by atoms with Crippen LogP contribution >= 0.6 is 7.60 Å². The van der Waals surface area contributed by atoms with Gasteiger partial charge < -0.3 is 9.05 Å². The van der Waals surface area contributed by atoms with Gasteiger partial charge in [0.2, 0.25) is 0 Å². The molecule has 0 fully saturated rings. The molecular weight excluding hydrogens is 139 g/mol. The van der Waals surface area contributed by atoms with Crippen molar-refractivity contribution < 1.29 is 13.6 Å². The molecule has 0 heterocycles. The maximum absolute atomic E-state index is 11.0. The molecule has 53 valence electrons. The van der Waals surface area contributed by atoms with Gasteiger partial charge in [0.05, 0.1) is 0 Å². The molecule has 0 saturated carbocycles. The summed E-state index contributed by atoms with van der Waals surface area (Å²) in [5.74, 6) is 0. The number of hydrogen-bond donors (Lipinski definition) is 0. The zero-order valence-corrected chi connectivity index (χ0v) is 6.48. The van der Waals surface area contributed by atoms with Gasteiger partial charge in [-0.2, -0.15) is 0 Å². The Morgan fingerprint density at radius 2 is 1.78 bits per heavy atom. The summed E-state index contributed by atoms with van der Waals surface area (Å²) in [5, 5.41) is 0.174. The normalized spacial score (nSPS) is 11.4. The van der Waals surface area contributed by atoms with Crippen molar-refractivity contribution in [3.63, 3.8) is 0 Å². The lowest BCUT2D eigenvalue weighted by Gasteiger charge is -2.11. The third-order valence-corrected chi connectivity index (χ3v) is 2.60. The van der Waals surface area contributed by atoms with E-state index in [4.69, 9.17) is 0 Å². The van der Waals surface area contributed by atoms with E-state index in [-0.39, 0.29) is 5.31 Å². The molecule has 0 bridgehead atoms. The predicted octanol–water partition coefficient (Wildman–Crippen LogP) is 1.82. The molecule has 0 amide bonds. The van der Waals surface area contributed by atoms with E-state index in [0.717, 1.165) is 0 Å². The highest BCUT2D eigenvalue weighted by atomic mass is 31.2. The third-order valence-electron chi connectivity index (χ3n) is 0.868. The SMILES string of the molecule is [CH2]C(=C)P(=O)(OC)OC. The summed E-state index contributed by atoms with van der Waals surface area (Å²) in [6.45, 7) is 6.69. The van der Waals surface area contributed by atoms with E-state index in [1.807, 2.05) is 0 Å². The lowest BCUT2D eigenvalue weighted by molar-refractivity contribution is 0.284. The second-order valence-electron chi connectivity index (χ2n) is 1.43. The van der Waals surface area contributed by atoms with Crippen LogP contribution in [0.1, 0.15) is 0 Å². The minimum absolute atomic E-state index is 0.174. The quantitative estimate of drug-likeness (QED) is 0.574. The van der Waals surface area contributed by atoms with Gasteiger partial charge in [-0.05, 0) is 6.92 Å². The van der Waals surface area contributed by atoms with Crippen molar-refractivity contribution in [3.05, 3.63) is 18.8 Å². The van der Waals surface area contributed by atoms with Gasteiger partial charge in [0.25, 0.3) is 0 Å². The van der Waals surface area contributed by atoms with Gasteiger partial charge in [0.15, 0.2) is 0 Å². The van der Waals surface area contributed by atoms with Gasteiger partial charge in [-0.3, -0.25) is 4.57 Å². The Kier molecular flexibility index (Phi) is 3.12. The first-order valence-electron chi connectivity index (χ1n) is 2.29. The molecule has 0 aromatic heterocycles. The Morgan fingerprint density at radius 3 is 1.78 bits per heavy atom. The second kappa shape index (κ2) is 3.16. The summed E-state index contributed by atoms with van der Waals surface area (Å²) in [6.07, 6.45) is 0. The average molecular weight is 149 g/mol. The zero-order chi connectivity index (χ0) is 7.49. The lowest BCUT2D eigenvalue weighted by Crippen LogP contribution is -1.87. The van der Waals surface area contributed by atoms with Crippen LogP contribution in [0.25, 0.3) is 0 Å². The maximum Gasteiger partial charge on any atom is 0.356 e. The Balaban J connectivity index is 4.30. The van der Waals surface area contributed by atoms with E-state index in [1.165, 1.54) is 14.2 Å². The summed E-state index contributed by atoms with van der Waals surface area (Å²) in [4.78, 5) is 0. The Hall–Kier alpha value is -0.110. The second-order valence-corrected chi connectivity index (χ2v) is 3.79. The molecule has 0 spiro atoms. The van der Waals surface area contributed by atoms with E-state index in [1.54, 1.807) is 0 Å². The van der Waals surface area contributed by atoms with Crippen LogP contribution in [0.5, 0.6) is 0 Å². The van der Waals surface area contributed by atoms with Gasteiger partial charge in [-0.15, -0.1) is 0 Å². The Labute approximate surface area is 55.2 Å². The van der Waals surface area contributed by atoms with E-state index >= 15 is 0 Å². The number of allylic oxidation sites excluding steroid dienone is 1. The average Bonchev–Trinajstić information content (AvgIpc) is 1.86. The smallest absolute Gasteiger partial charge is 0.309 e. The van der Waals surface area contributed by atoms with Crippen LogP contribution in [0, 0.1) is 6.92 Å². The van der Waals surface area contributed by atoms with Crippen molar-refractivity contribution in [2.75, 3.05) is 14.2 Å². The van der Waals surface area contributed by atoms with Crippen molar-refractivity contribution >= 4 is 7.60 Å². The van der Waals surface area contributed by atoms with Crippen molar-refractivity contribution in [3.8, 4) is 0 Å². The van der Waals surface area contributed by atoms with Gasteiger partial charge in [-0.25, -0.2) is 0 Å². The molecule has 0 aromatic carbocycles. The molecule has 0 aromatic rings. The molecule has 1 radical (unpaired) electrons. The van der Waals surface area contributed by atoms with Crippen molar-refractivity contribution in [1.29, 1.82) is 0 Å². The molecule has 0 rings (SSSR count). The fourth-order valence-electron chi connectivity index (χ4n) is 0.333. The molecule has 3 nitrogen and oxygen atoms in total. The molecule has 0 aliphatic rings. The summed E-state index contributed by atoms with van der Waals surface area (Å²) in [6, 6.07) is 0. The van der Waals surface area contributed by atoms with Gasteiger partial charge >= 0.3 is 7.60 Å². The van der Waals surface area contributed by atoms with Crippen molar-refractivity contribution in [1.82, 2.24) is 0 Å². The predicted molar refractivity (Wildman–Crippen MR) is 36.1 cm³/mol. The summed E-state index contributed by atoms with van der Waals surface area (Å²) in [5.41, 5.74) is 0. The van der Waals surface area contributed by atoms with Crippen LogP contribution < -0.4 is 0 Å². The highest BCUT2D eigenvalue weighted by molar-refractivity contribution is 7.58. The van der Waals surface area contributed by atoms with Crippen molar-refractivity contribution in [2.24, 2.45) is 0 Å². The van der Waals surface area contributed by atoms with E-state index in [9.17, 15) is 4.57 Å². The van der Waals surface area contributed by atoms with Gasteiger partial charge in [-0.1, -0.05) is 6.58 Å². The van der Waals surface area contributed by atoms with Crippen LogP contribution in [-0.4, -0.2) is 14.2 Å². The van der Waals surface area contributed by atoms with Crippen LogP contribution in [0.2, 0.25) is 0 Å². The first kappa shape index (κ1) is 8.89. The monoisotopic (exact) mass is 149 g/mol. The molecule has 4 heteroatoms. The highest BCUT2D eigenvalue weighted by Crippen LogP contribution is 2.53. The van der Waals surface area contributed by atoms with Crippen LogP contribution in [0.4, 0.5) is 0 Å². The zero-order valence-electron chi connectivity index (χ0n) is 5.59. The van der Waals surface area contributed by atoms with Crippen LogP contribution in [0.3, 0.4) is 0 Å². The molecule has 0 aliphatic carbocycles. The fraction of sp³-hybridized carbons (Fsp3) is 0.400. The number of rotatable bonds is 3. The molecule has 0 saturated heterocycles. The van der Waals surface area contributed by atoms with Crippen LogP contribution in [0.15, 0.2) is 11.9 Å². The minimum atomic E-state index is -3.06. The first-order chi connectivity index (χ1) is 4.06. The first-order valence-corrected chi connectivity index (χ1v) is 3.84. The van der Waals surface area contributed by atoms with E-state index in [0.29, 0.717) is 0 Å². The molecule has 9 heavy (non-hydrogen) atoms. The molecule has 0 aliphatic heterocycles. The Bertz CT molecular complexity index is 144. The van der Waals surface area contributed by atoms with Gasteiger partial charge in [0, 0.05) is 19.5 Å². The van der Waals surface area contributed by atoms with Crippen molar-refractivity contribution in [2.45, 2.75) is 0 Å². The van der Waals surface area contributed by atoms with E-state index in [2.05, 4.69) is 22.6 Å². The largest absolute Gasteiger partial charge is 0.356 e. The fourth-order valence-corrected chi connectivity index (χ4v) is 0.998. The van der Waals surface area contributed by atoms with Gasteiger partial charge in [0.1, 0.15) is 0 Å². The molecule has 0 N–H and O–H groups in total. The molecule has 0 unspecified atom stereocenters. The number of hydrogen-bond acceptors (Lipinski definition) is 3. The topological polar surface area (TPSA) is 35.5 Å². The molecular formula is C5H10O3P. The summed E-state index contributed by atoms with van der Waals surface area (Å²) in [7, 11) is -0.474. The third kappa shape index (κ3) is 1.94. The van der Waals surface area contributed by atoms with E-state index < -0.39 is 7.60 Å². The standard InChI is InChI=1S/C5H10O3P/c1-5(2)9(6,7-3)8-4/h1-2H2,3-4H3. The minimum Gasteiger partial charge on any atom is -0.309 e. The molecule has 0 atom stereocenters. The Morgan fingerprint density at radius 1 is 1.44 bits per heavy atom.